The Hall–Kier alpha value is -0.0800. The highest BCUT2D eigenvalue weighted by Crippen LogP contribution is 2.40. The van der Waals surface area contributed by atoms with Gasteiger partial charge in [0.15, 0.2) is 0 Å². The number of hydrogen-bond donors (Lipinski definition) is 2. The Labute approximate surface area is 74.4 Å². The molecule has 2 N–H and O–H groups in total. The highest BCUT2D eigenvalue weighted by Gasteiger charge is 2.49. The van der Waals surface area contributed by atoms with Crippen LogP contribution in [0.4, 0.5) is 0 Å². The zero-order valence-corrected chi connectivity index (χ0v) is 8.06. The first kappa shape index (κ1) is 8.52. The van der Waals surface area contributed by atoms with Crippen molar-refractivity contribution in [3.8, 4) is 0 Å². The lowest BCUT2D eigenvalue weighted by Gasteiger charge is -2.38. The van der Waals surface area contributed by atoms with Crippen molar-refractivity contribution in [1.29, 1.82) is 0 Å². The van der Waals surface area contributed by atoms with E-state index in [1.807, 2.05) is 6.92 Å². The highest BCUT2D eigenvalue weighted by molar-refractivity contribution is 5.07. The second-order valence-corrected chi connectivity index (χ2v) is 4.88. The smallest absolute Gasteiger partial charge is 0.0797 e. The zero-order valence-electron chi connectivity index (χ0n) is 8.06. The van der Waals surface area contributed by atoms with Gasteiger partial charge in [0.2, 0.25) is 0 Å². The average Bonchev–Trinajstić information content (AvgIpc) is 2.66. The minimum atomic E-state index is -0.490. The quantitative estimate of drug-likeness (QED) is 0.655. The molecule has 0 saturated heterocycles. The predicted octanol–water partition coefficient (Wildman–Crippen LogP) is 1.43. The van der Waals surface area contributed by atoms with Crippen LogP contribution >= 0.6 is 0 Å². The molecule has 12 heavy (non-hydrogen) atoms. The van der Waals surface area contributed by atoms with Gasteiger partial charge in [-0.15, -0.1) is 0 Å². The third-order valence-electron chi connectivity index (χ3n) is 3.63. The molecule has 0 aromatic carbocycles. The molecule has 2 aliphatic carbocycles. The van der Waals surface area contributed by atoms with Crippen LogP contribution in [0.25, 0.3) is 0 Å². The van der Waals surface area contributed by atoms with Crippen molar-refractivity contribution in [3.05, 3.63) is 0 Å². The van der Waals surface area contributed by atoms with Crippen LogP contribution in [-0.2, 0) is 0 Å². The topological polar surface area (TPSA) is 32.3 Å². The summed E-state index contributed by atoms with van der Waals surface area (Å²) in [4.78, 5) is 0. The standard InChI is InChI=1S/C10H19NO/c1-9(11-8-4-5-8)6-3-7-10(9,2)12/h8,11-12H,3-7H2,1-2H3. The first-order valence-electron chi connectivity index (χ1n) is 5.04. The summed E-state index contributed by atoms with van der Waals surface area (Å²) in [7, 11) is 0. The van der Waals surface area contributed by atoms with E-state index in [0.29, 0.717) is 6.04 Å². The van der Waals surface area contributed by atoms with Gasteiger partial charge in [0.05, 0.1) is 5.60 Å². The molecule has 0 amide bonds. The highest BCUT2D eigenvalue weighted by atomic mass is 16.3. The summed E-state index contributed by atoms with van der Waals surface area (Å²) in [5, 5.41) is 13.7. The molecule has 2 aliphatic rings. The first-order valence-corrected chi connectivity index (χ1v) is 5.04. The van der Waals surface area contributed by atoms with Gasteiger partial charge in [0, 0.05) is 11.6 Å². The Balaban J connectivity index is 2.06. The minimum Gasteiger partial charge on any atom is -0.388 e. The molecule has 0 bridgehead atoms. The van der Waals surface area contributed by atoms with Crippen molar-refractivity contribution >= 4 is 0 Å². The molecule has 0 aromatic rings. The van der Waals surface area contributed by atoms with Gasteiger partial charge in [-0.05, 0) is 46.0 Å². The predicted molar refractivity (Wildman–Crippen MR) is 49.0 cm³/mol. The lowest BCUT2D eigenvalue weighted by molar-refractivity contribution is -0.00727. The normalized spacial score (nSPS) is 48.2. The van der Waals surface area contributed by atoms with Crippen LogP contribution in [-0.4, -0.2) is 22.3 Å². The maximum Gasteiger partial charge on any atom is 0.0797 e. The number of hydrogen-bond acceptors (Lipinski definition) is 2. The van der Waals surface area contributed by atoms with Crippen molar-refractivity contribution in [2.75, 3.05) is 0 Å². The molecule has 70 valence electrons. The number of aliphatic hydroxyl groups is 1. The van der Waals surface area contributed by atoms with E-state index in [0.717, 1.165) is 19.3 Å². The van der Waals surface area contributed by atoms with Gasteiger partial charge in [0.25, 0.3) is 0 Å². The summed E-state index contributed by atoms with van der Waals surface area (Å²) in [6, 6.07) is 0.694. The molecule has 2 unspecified atom stereocenters. The largest absolute Gasteiger partial charge is 0.388 e. The number of rotatable bonds is 2. The van der Waals surface area contributed by atoms with Gasteiger partial charge in [-0.25, -0.2) is 0 Å². The maximum absolute atomic E-state index is 10.1. The molecule has 2 rings (SSSR count). The fraction of sp³-hybridized carbons (Fsp3) is 1.00. The molecule has 2 nitrogen and oxygen atoms in total. The minimum absolute atomic E-state index is 0.0197. The molecule has 0 spiro atoms. The molecule has 0 heterocycles. The van der Waals surface area contributed by atoms with E-state index >= 15 is 0 Å². The second-order valence-electron chi connectivity index (χ2n) is 4.88. The molecule has 2 fully saturated rings. The summed E-state index contributed by atoms with van der Waals surface area (Å²) < 4.78 is 0. The maximum atomic E-state index is 10.1. The Morgan fingerprint density at radius 1 is 1.25 bits per heavy atom. The Morgan fingerprint density at radius 3 is 2.33 bits per heavy atom. The lowest BCUT2D eigenvalue weighted by Crippen LogP contribution is -2.56. The van der Waals surface area contributed by atoms with E-state index < -0.39 is 5.60 Å². The van der Waals surface area contributed by atoms with Gasteiger partial charge in [-0.2, -0.15) is 0 Å². The molecule has 2 saturated carbocycles. The molecule has 0 aliphatic heterocycles. The van der Waals surface area contributed by atoms with Gasteiger partial charge in [-0.3, -0.25) is 0 Å². The van der Waals surface area contributed by atoms with E-state index in [9.17, 15) is 5.11 Å². The average molecular weight is 169 g/mol. The van der Waals surface area contributed by atoms with Crippen LogP contribution in [0.15, 0.2) is 0 Å². The van der Waals surface area contributed by atoms with E-state index in [1.54, 1.807) is 0 Å². The molecule has 2 atom stereocenters. The summed E-state index contributed by atoms with van der Waals surface area (Å²) in [5.74, 6) is 0. The summed E-state index contributed by atoms with van der Waals surface area (Å²) in [5.41, 5.74) is -0.510. The van der Waals surface area contributed by atoms with Crippen molar-refractivity contribution in [2.24, 2.45) is 0 Å². The lowest BCUT2D eigenvalue weighted by atomic mass is 9.86. The third kappa shape index (κ3) is 1.27. The molecular formula is C10H19NO. The Kier molecular flexibility index (Phi) is 1.74. The fourth-order valence-electron chi connectivity index (χ4n) is 2.24. The van der Waals surface area contributed by atoms with Crippen LogP contribution in [0, 0.1) is 0 Å². The van der Waals surface area contributed by atoms with Crippen LogP contribution in [0.3, 0.4) is 0 Å². The van der Waals surface area contributed by atoms with Gasteiger partial charge < -0.3 is 10.4 Å². The van der Waals surface area contributed by atoms with Crippen molar-refractivity contribution < 1.29 is 5.11 Å². The van der Waals surface area contributed by atoms with Crippen LogP contribution in [0.1, 0.15) is 46.0 Å². The Bertz CT molecular complexity index is 186. The van der Waals surface area contributed by atoms with E-state index in [2.05, 4.69) is 12.2 Å². The summed E-state index contributed by atoms with van der Waals surface area (Å²) in [6.07, 6.45) is 5.82. The first-order chi connectivity index (χ1) is 5.54. The van der Waals surface area contributed by atoms with Crippen LogP contribution in [0.2, 0.25) is 0 Å². The summed E-state index contributed by atoms with van der Waals surface area (Å²) >= 11 is 0. The monoisotopic (exact) mass is 169 g/mol. The van der Waals surface area contributed by atoms with Crippen molar-refractivity contribution in [3.63, 3.8) is 0 Å². The van der Waals surface area contributed by atoms with Gasteiger partial charge in [0.1, 0.15) is 0 Å². The molecule has 0 aromatic heterocycles. The third-order valence-corrected chi connectivity index (χ3v) is 3.63. The van der Waals surface area contributed by atoms with Crippen molar-refractivity contribution in [2.45, 2.75) is 63.1 Å². The van der Waals surface area contributed by atoms with E-state index in [1.165, 1.54) is 12.8 Å². The van der Waals surface area contributed by atoms with E-state index in [-0.39, 0.29) is 5.54 Å². The zero-order chi connectivity index (χ0) is 8.82. The second kappa shape index (κ2) is 2.46. The van der Waals surface area contributed by atoms with Crippen LogP contribution in [0.5, 0.6) is 0 Å². The molecule has 2 heteroatoms. The van der Waals surface area contributed by atoms with Crippen molar-refractivity contribution in [1.82, 2.24) is 5.32 Å². The van der Waals surface area contributed by atoms with Gasteiger partial charge in [-0.1, -0.05) is 0 Å². The summed E-state index contributed by atoms with van der Waals surface area (Å²) in [6.45, 7) is 4.13. The van der Waals surface area contributed by atoms with Gasteiger partial charge >= 0.3 is 0 Å². The number of nitrogens with one attached hydrogen (secondary N) is 1. The molecular weight excluding hydrogens is 150 g/mol. The fourth-order valence-corrected chi connectivity index (χ4v) is 2.24. The Morgan fingerprint density at radius 2 is 1.92 bits per heavy atom. The van der Waals surface area contributed by atoms with E-state index in [4.69, 9.17) is 0 Å². The SMILES string of the molecule is CC1(O)CCCC1(C)NC1CC1. The van der Waals surface area contributed by atoms with Crippen LogP contribution < -0.4 is 5.32 Å². The molecule has 0 radical (unpaired) electrons.